The second-order valence-corrected chi connectivity index (χ2v) is 8.87. The Morgan fingerprint density at radius 3 is 2.56 bits per heavy atom. The molecule has 3 N–H and O–H groups in total. The van der Waals surface area contributed by atoms with Gasteiger partial charge in [0, 0.05) is 28.1 Å². The molecule has 0 unspecified atom stereocenters. The van der Waals surface area contributed by atoms with E-state index in [9.17, 15) is 22.8 Å². The highest BCUT2D eigenvalue weighted by atomic mass is 19.1. The summed E-state index contributed by atoms with van der Waals surface area (Å²) in [6.07, 6.45) is 3.63. The third kappa shape index (κ3) is 3.56. The Morgan fingerprint density at radius 2 is 1.91 bits per heavy atom. The zero-order valence-electron chi connectivity index (χ0n) is 17.2. The van der Waals surface area contributed by atoms with Crippen LogP contribution in [0.3, 0.4) is 0 Å². The molecule has 3 aliphatic rings. The summed E-state index contributed by atoms with van der Waals surface area (Å²) in [5.41, 5.74) is -0.194. The lowest BCUT2D eigenvalue weighted by molar-refractivity contribution is -0.128. The monoisotopic (exact) mass is 442 g/mol. The van der Waals surface area contributed by atoms with Crippen molar-refractivity contribution in [1.29, 1.82) is 0 Å². The van der Waals surface area contributed by atoms with E-state index >= 15 is 0 Å². The van der Waals surface area contributed by atoms with E-state index < -0.39 is 41.0 Å². The smallest absolute Gasteiger partial charge is 0.253 e. The van der Waals surface area contributed by atoms with E-state index in [1.54, 1.807) is 0 Å². The second kappa shape index (κ2) is 7.44. The van der Waals surface area contributed by atoms with Crippen LogP contribution in [0.4, 0.5) is 13.2 Å². The van der Waals surface area contributed by atoms with Gasteiger partial charge in [0.05, 0.1) is 17.9 Å². The number of nitrogens with zero attached hydrogens (tertiary/aromatic N) is 1. The first-order chi connectivity index (χ1) is 15.2. The summed E-state index contributed by atoms with van der Waals surface area (Å²) in [6, 6.07) is 4.30. The largest absolute Gasteiger partial charge is 0.346 e. The fourth-order valence-electron chi connectivity index (χ4n) is 4.76. The normalized spacial score (nSPS) is 23.2. The van der Waals surface area contributed by atoms with E-state index in [-0.39, 0.29) is 16.8 Å². The van der Waals surface area contributed by atoms with Gasteiger partial charge in [-0.25, -0.2) is 13.2 Å². The number of pyridine rings is 2. The summed E-state index contributed by atoms with van der Waals surface area (Å²) in [7, 11) is 0. The number of carbonyl (C=O) groups excluding carboxylic acids is 1. The van der Waals surface area contributed by atoms with Gasteiger partial charge >= 0.3 is 0 Å². The zero-order chi connectivity index (χ0) is 22.6. The van der Waals surface area contributed by atoms with Crippen molar-refractivity contribution in [2.45, 2.75) is 43.8 Å². The van der Waals surface area contributed by atoms with Crippen molar-refractivity contribution in [3.8, 4) is 0 Å². The molecule has 166 valence electrons. The molecule has 1 aromatic carbocycles. The number of nitrogens with one attached hydrogen (secondary N) is 3. The summed E-state index contributed by atoms with van der Waals surface area (Å²) in [6.45, 7) is 1.53. The van der Waals surface area contributed by atoms with Crippen molar-refractivity contribution in [3.05, 3.63) is 75.6 Å². The van der Waals surface area contributed by atoms with Gasteiger partial charge in [0.1, 0.15) is 23.5 Å². The Hall–Kier alpha value is -3.20. The highest BCUT2D eigenvalue weighted by Gasteiger charge is 2.57. The topological polar surface area (TPSA) is 86.9 Å². The molecule has 0 saturated heterocycles. The van der Waals surface area contributed by atoms with E-state index in [0.29, 0.717) is 22.9 Å². The van der Waals surface area contributed by atoms with Crippen LogP contribution in [-0.2, 0) is 4.79 Å². The van der Waals surface area contributed by atoms with Crippen molar-refractivity contribution in [1.82, 2.24) is 20.6 Å². The van der Waals surface area contributed by atoms with E-state index in [1.807, 2.05) is 0 Å². The number of halogens is 3. The van der Waals surface area contributed by atoms with Crippen LogP contribution < -0.4 is 16.2 Å². The van der Waals surface area contributed by atoms with Crippen LogP contribution in [0.15, 0.2) is 41.3 Å². The first-order valence-electron chi connectivity index (χ1n) is 10.4. The Balaban J connectivity index is 1.48. The Bertz CT molecular complexity index is 1270. The second-order valence-electron chi connectivity index (χ2n) is 8.87. The van der Waals surface area contributed by atoms with Crippen molar-refractivity contribution < 1.29 is 18.0 Å². The van der Waals surface area contributed by atoms with Crippen molar-refractivity contribution in [3.63, 3.8) is 0 Å². The van der Waals surface area contributed by atoms with Crippen molar-refractivity contribution in [2.75, 3.05) is 0 Å². The van der Waals surface area contributed by atoms with Crippen LogP contribution in [0.1, 0.15) is 49.5 Å². The molecule has 2 heterocycles. The van der Waals surface area contributed by atoms with E-state index in [1.165, 1.54) is 31.2 Å². The molecule has 3 aromatic rings. The number of amides is 1. The summed E-state index contributed by atoms with van der Waals surface area (Å²) in [4.78, 5) is 32.5. The minimum atomic E-state index is -1.03. The van der Waals surface area contributed by atoms with Crippen LogP contribution in [0, 0.1) is 23.4 Å². The first-order valence-corrected chi connectivity index (χ1v) is 10.4. The molecule has 0 radical (unpaired) electrons. The molecule has 6 nitrogen and oxygen atoms in total. The molecule has 1 amide bonds. The van der Waals surface area contributed by atoms with Gasteiger partial charge in [0.25, 0.3) is 5.56 Å². The Kier molecular flexibility index (Phi) is 4.81. The molecular weight excluding hydrogens is 421 g/mol. The molecule has 2 atom stereocenters. The molecular formula is C23H21F3N4O2. The lowest BCUT2D eigenvalue weighted by atomic mass is 9.49. The Labute approximate surface area is 181 Å². The lowest BCUT2D eigenvalue weighted by Gasteiger charge is -2.63. The third-order valence-electron chi connectivity index (χ3n) is 6.50. The minimum absolute atomic E-state index is 0.112. The van der Waals surface area contributed by atoms with E-state index in [4.69, 9.17) is 0 Å². The molecule has 0 spiro atoms. The molecule has 3 aliphatic carbocycles. The fraction of sp³-hybridized carbons (Fsp3) is 0.348. The minimum Gasteiger partial charge on any atom is -0.346 e. The molecule has 2 bridgehead atoms. The van der Waals surface area contributed by atoms with Gasteiger partial charge in [-0.1, -0.05) is 0 Å². The fourth-order valence-corrected chi connectivity index (χ4v) is 4.76. The number of benzene rings is 1. The number of hydrogen-bond donors (Lipinski definition) is 3. The lowest BCUT2D eigenvalue weighted by Crippen LogP contribution is -2.68. The van der Waals surface area contributed by atoms with Gasteiger partial charge in [0.15, 0.2) is 0 Å². The maximum absolute atomic E-state index is 14.1. The van der Waals surface area contributed by atoms with E-state index in [0.717, 1.165) is 25.5 Å². The van der Waals surface area contributed by atoms with Gasteiger partial charge in [0.2, 0.25) is 5.91 Å². The number of fused-ring (bicyclic) bond motifs is 1. The van der Waals surface area contributed by atoms with E-state index in [2.05, 4.69) is 20.6 Å². The number of aromatic amines is 1. The average molecular weight is 442 g/mol. The zero-order valence-corrected chi connectivity index (χ0v) is 17.2. The third-order valence-corrected chi connectivity index (χ3v) is 6.50. The highest BCUT2D eigenvalue weighted by Crippen LogP contribution is 2.57. The Morgan fingerprint density at radius 1 is 1.16 bits per heavy atom. The van der Waals surface area contributed by atoms with Crippen LogP contribution in [0.5, 0.6) is 0 Å². The van der Waals surface area contributed by atoms with Gasteiger partial charge in [-0.2, -0.15) is 0 Å². The predicted octanol–water partition coefficient (Wildman–Crippen LogP) is 3.40. The highest BCUT2D eigenvalue weighted by molar-refractivity contribution is 5.86. The van der Waals surface area contributed by atoms with Crippen LogP contribution >= 0.6 is 0 Å². The number of rotatable bonds is 6. The number of hydrogen-bond acceptors (Lipinski definition) is 4. The molecule has 2 aromatic heterocycles. The molecule has 0 aliphatic heterocycles. The standard InChI is InChI=1S/C23H21F3N4O2/c1-11(19-17(26)6-15(25)10-27-19)28-22(32)20(30-23-7-12(8-23)9-23)16-5-13-4-14(24)2-3-18(13)29-21(16)31/h2-6,10-12,20,30H,7-9H2,1H3,(H,28,32)(H,29,31)/t11-,12?,20+,23?/m0/s1. The maximum Gasteiger partial charge on any atom is 0.253 e. The van der Waals surface area contributed by atoms with Crippen LogP contribution in [0.2, 0.25) is 0 Å². The van der Waals surface area contributed by atoms with Gasteiger partial charge in [-0.15, -0.1) is 0 Å². The SMILES string of the molecule is C[C@H](NC(=O)[C@H](NC12CC(C1)C2)c1cc2cc(F)ccc2[nH]c1=O)c1ncc(F)cc1F. The van der Waals surface area contributed by atoms with Gasteiger partial charge in [-0.05, 0) is 56.4 Å². The predicted molar refractivity (Wildman–Crippen MR) is 111 cm³/mol. The summed E-state index contributed by atoms with van der Waals surface area (Å²) >= 11 is 0. The molecule has 9 heteroatoms. The average Bonchev–Trinajstić information content (AvgIpc) is 2.66. The number of carbonyl (C=O) groups is 1. The quantitative estimate of drug-likeness (QED) is 0.546. The summed E-state index contributed by atoms with van der Waals surface area (Å²) < 4.78 is 41.1. The molecule has 3 fully saturated rings. The number of H-pyrrole nitrogens is 1. The summed E-state index contributed by atoms with van der Waals surface area (Å²) in [5, 5.41) is 6.44. The van der Waals surface area contributed by atoms with Crippen LogP contribution in [0.25, 0.3) is 10.9 Å². The first kappa shape index (κ1) is 20.7. The maximum atomic E-state index is 14.1. The number of aromatic nitrogens is 2. The molecule has 6 rings (SSSR count). The van der Waals surface area contributed by atoms with Gasteiger partial charge < -0.3 is 10.3 Å². The molecule has 3 saturated carbocycles. The summed E-state index contributed by atoms with van der Waals surface area (Å²) in [5.74, 6) is -2.07. The molecule has 32 heavy (non-hydrogen) atoms. The van der Waals surface area contributed by atoms with Gasteiger partial charge in [-0.3, -0.25) is 19.9 Å². The van der Waals surface area contributed by atoms with Crippen molar-refractivity contribution >= 4 is 16.8 Å². The van der Waals surface area contributed by atoms with Crippen molar-refractivity contribution in [2.24, 2.45) is 5.92 Å². The van der Waals surface area contributed by atoms with Crippen LogP contribution in [-0.4, -0.2) is 21.4 Å².